The molecule has 0 atom stereocenters. The fourth-order valence-electron chi connectivity index (χ4n) is 2.41. The van der Waals surface area contributed by atoms with E-state index in [1.165, 1.54) is 23.9 Å². The lowest BCUT2D eigenvalue weighted by Gasteiger charge is -2.26. The number of anilines is 1. The summed E-state index contributed by atoms with van der Waals surface area (Å²) in [7, 11) is 2.16. The van der Waals surface area contributed by atoms with E-state index in [0.717, 1.165) is 23.8 Å². The third kappa shape index (κ3) is 2.78. The average Bonchev–Trinajstić information content (AvgIpc) is 3.27. The molecule has 1 saturated carbocycles. The smallest absolute Gasteiger partial charge is 0.0726 e. The second kappa shape index (κ2) is 5.41. The molecule has 0 bridgehead atoms. The monoisotopic (exact) mass is 269 g/mol. The molecule has 1 N–H and O–H groups in total. The van der Waals surface area contributed by atoms with Crippen LogP contribution in [0.1, 0.15) is 32.4 Å². The number of rotatable bonds is 5. The van der Waals surface area contributed by atoms with E-state index in [9.17, 15) is 0 Å². The Morgan fingerprint density at radius 3 is 2.75 bits per heavy atom. The molecule has 1 aromatic carbocycles. The van der Waals surface area contributed by atoms with Gasteiger partial charge in [0.1, 0.15) is 0 Å². The van der Waals surface area contributed by atoms with E-state index in [1.54, 1.807) is 0 Å². The Hall–Kier alpha value is -1.61. The van der Waals surface area contributed by atoms with Crippen molar-refractivity contribution in [1.82, 2.24) is 10.3 Å². The number of pyridine rings is 1. The first-order chi connectivity index (χ1) is 9.65. The van der Waals surface area contributed by atoms with Gasteiger partial charge in [-0.2, -0.15) is 0 Å². The number of hydrogen-bond donors (Lipinski definition) is 1. The highest BCUT2D eigenvalue weighted by molar-refractivity contribution is 5.92. The van der Waals surface area contributed by atoms with Crippen molar-refractivity contribution in [1.29, 1.82) is 0 Å². The molecule has 1 heterocycles. The second-order valence-corrected chi connectivity index (χ2v) is 6.01. The molecule has 0 aliphatic heterocycles. The van der Waals surface area contributed by atoms with Gasteiger partial charge in [0, 0.05) is 36.7 Å². The molecule has 3 heteroatoms. The molecule has 0 spiro atoms. The molecule has 0 saturated heterocycles. The van der Waals surface area contributed by atoms with Crippen LogP contribution >= 0.6 is 0 Å². The minimum atomic E-state index is 0.477. The molecule has 0 unspecified atom stereocenters. The van der Waals surface area contributed by atoms with Crippen LogP contribution in [0.25, 0.3) is 10.9 Å². The van der Waals surface area contributed by atoms with Crippen LogP contribution in [-0.4, -0.2) is 24.1 Å². The Morgan fingerprint density at radius 2 is 2.05 bits per heavy atom. The van der Waals surface area contributed by atoms with Crippen molar-refractivity contribution >= 4 is 16.6 Å². The fraction of sp³-hybridized carbons (Fsp3) is 0.471. The average molecular weight is 269 g/mol. The van der Waals surface area contributed by atoms with Crippen molar-refractivity contribution in [2.75, 3.05) is 11.9 Å². The van der Waals surface area contributed by atoms with Gasteiger partial charge in [0.15, 0.2) is 0 Å². The largest absolute Gasteiger partial charge is 0.372 e. The van der Waals surface area contributed by atoms with Gasteiger partial charge in [-0.05, 0) is 38.8 Å². The number of hydrogen-bond acceptors (Lipinski definition) is 3. The van der Waals surface area contributed by atoms with E-state index in [1.807, 2.05) is 0 Å². The van der Waals surface area contributed by atoms with Gasteiger partial charge >= 0.3 is 0 Å². The summed E-state index contributed by atoms with van der Waals surface area (Å²) in [5, 5.41) is 4.79. The van der Waals surface area contributed by atoms with E-state index in [4.69, 9.17) is 4.98 Å². The summed E-state index contributed by atoms with van der Waals surface area (Å²) in [4.78, 5) is 7.11. The molecule has 3 nitrogen and oxygen atoms in total. The Morgan fingerprint density at radius 1 is 1.30 bits per heavy atom. The Labute approximate surface area is 121 Å². The first kappa shape index (κ1) is 13.4. The van der Waals surface area contributed by atoms with Crippen LogP contribution in [0.4, 0.5) is 5.69 Å². The molecule has 3 rings (SSSR count). The van der Waals surface area contributed by atoms with Crippen LogP contribution in [0.15, 0.2) is 30.3 Å². The summed E-state index contributed by atoms with van der Waals surface area (Å²) in [6, 6.07) is 11.8. The van der Waals surface area contributed by atoms with E-state index in [2.05, 4.69) is 61.4 Å². The van der Waals surface area contributed by atoms with Gasteiger partial charge in [0.25, 0.3) is 0 Å². The molecule has 1 aliphatic rings. The first-order valence-corrected chi connectivity index (χ1v) is 7.50. The lowest BCUT2D eigenvalue weighted by Crippen LogP contribution is -2.26. The van der Waals surface area contributed by atoms with E-state index in [-0.39, 0.29) is 0 Å². The van der Waals surface area contributed by atoms with Gasteiger partial charge in [-0.1, -0.05) is 18.2 Å². The Bertz CT molecular complexity index is 602. The molecule has 20 heavy (non-hydrogen) atoms. The third-order valence-electron chi connectivity index (χ3n) is 4.05. The zero-order valence-electron chi connectivity index (χ0n) is 12.6. The maximum absolute atomic E-state index is 4.79. The number of para-hydroxylation sites is 1. The quantitative estimate of drug-likeness (QED) is 0.902. The Balaban J connectivity index is 1.99. The number of nitrogens with one attached hydrogen (secondary N) is 1. The minimum absolute atomic E-state index is 0.477. The van der Waals surface area contributed by atoms with E-state index >= 15 is 0 Å². The summed E-state index contributed by atoms with van der Waals surface area (Å²) >= 11 is 0. The van der Waals surface area contributed by atoms with E-state index < -0.39 is 0 Å². The maximum Gasteiger partial charge on any atom is 0.0726 e. The van der Waals surface area contributed by atoms with Crippen molar-refractivity contribution in [3.8, 4) is 0 Å². The van der Waals surface area contributed by atoms with Gasteiger partial charge in [-0.15, -0.1) is 0 Å². The molecular formula is C17H23N3. The molecule has 106 valence electrons. The molecule has 1 aliphatic carbocycles. The summed E-state index contributed by atoms with van der Waals surface area (Å²) in [6.07, 6.45) is 2.62. The van der Waals surface area contributed by atoms with E-state index in [0.29, 0.717) is 6.04 Å². The fourth-order valence-corrected chi connectivity index (χ4v) is 2.41. The number of aromatic nitrogens is 1. The van der Waals surface area contributed by atoms with Crippen LogP contribution in [0.5, 0.6) is 0 Å². The van der Waals surface area contributed by atoms with Crippen molar-refractivity contribution in [2.24, 2.45) is 0 Å². The minimum Gasteiger partial charge on any atom is -0.372 e. The van der Waals surface area contributed by atoms with Crippen molar-refractivity contribution in [2.45, 2.75) is 45.3 Å². The van der Waals surface area contributed by atoms with Gasteiger partial charge in [0.2, 0.25) is 0 Å². The zero-order chi connectivity index (χ0) is 14.1. The summed E-state index contributed by atoms with van der Waals surface area (Å²) in [5.41, 5.74) is 3.50. The van der Waals surface area contributed by atoms with Crippen LogP contribution in [0, 0.1) is 0 Å². The lowest BCUT2D eigenvalue weighted by molar-refractivity contribution is 0.675. The van der Waals surface area contributed by atoms with Gasteiger partial charge < -0.3 is 10.2 Å². The van der Waals surface area contributed by atoms with Gasteiger partial charge in [-0.25, -0.2) is 0 Å². The third-order valence-corrected chi connectivity index (χ3v) is 4.05. The van der Waals surface area contributed by atoms with Crippen molar-refractivity contribution in [3.05, 3.63) is 36.0 Å². The van der Waals surface area contributed by atoms with Crippen molar-refractivity contribution < 1.29 is 0 Å². The summed E-state index contributed by atoms with van der Waals surface area (Å²) in [6.45, 7) is 5.31. The highest BCUT2D eigenvalue weighted by Gasteiger charge is 2.20. The molecule has 0 amide bonds. The predicted octanol–water partition coefficient (Wildman–Crippen LogP) is 3.33. The summed E-state index contributed by atoms with van der Waals surface area (Å²) < 4.78 is 0. The number of benzene rings is 1. The Kier molecular flexibility index (Phi) is 3.62. The first-order valence-electron chi connectivity index (χ1n) is 7.50. The molecule has 1 aromatic heterocycles. The van der Waals surface area contributed by atoms with Gasteiger partial charge in [0.05, 0.1) is 11.2 Å². The molecule has 1 fully saturated rings. The van der Waals surface area contributed by atoms with Crippen LogP contribution < -0.4 is 10.2 Å². The van der Waals surface area contributed by atoms with Gasteiger partial charge in [-0.3, -0.25) is 4.98 Å². The standard InChI is InChI=1S/C17H23N3/c1-12(2)20(3)17-10-14(11-18-13-8-9-13)19-16-7-5-4-6-15(16)17/h4-7,10,12-13,18H,8-9,11H2,1-3H3. The van der Waals surface area contributed by atoms with Crippen molar-refractivity contribution in [3.63, 3.8) is 0 Å². The van der Waals surface area contributed by atoms with Crippen LogP contribution in [0.2, 0.25) is 0 Å². The predicted molar refractivity (Wildman–Crippen MR) is 85.1 cm³/mol. The SMILES string of the molecule is CC(C)N(C)c1cc(CNC2CC2)nc2ccccc12. The maximum atomic E-state index is 4.79. The normalized spacial score (nSPS) is 15.0. The highest BCUT2D eigenvalue weighted by atomic mass is 15.1. The topological polar surface area (TPSA) is 28.2 Å². The van der Waals surface area contributed by atoms with Crippen LogP contribution in [-0.2, 0) is 6.54 Å². The van der Waals surface area contributed by atoms with Crippen LogP contribution in [0.3, 0.4) is 0 Å². The molecular weight excluding hydrogens is 246 g/mol. The zero-order valence-corrected chi connectivity index (χ0v) is 12.6. The molecule has 0 radical (unpaired) electrons. The summed E-state index contributed by atoms with van der Waals surface area (Å²) in [5.74, 6) is 0. The molecule has 2 aromatic rings. The lowest BCUT2D eigenvalue weighted by atomic mass is 10.1. The number of nitrogens with zero attached hydrogens (tertiary/aromatic N) is 2. The highest BCUT2D eigenvalue weighted by Crippen LogP contribution is 2.27. The number of fused-ring (bicyclic) bond motifs is 1. The second-order valence-electron chi connectivity index (χ2n) is 6.01.